The quantitative estimate of drug-likeness (QED) is 0.0718. The third kappa shape index (κ3) is 9.25. The van der Waals surface area contributed by atoms with Crippen molar-refractivity contribution < 1.29 is 35.2 Å². The van der Waals surface area contributed by atoms with Gasteiger partial charge in [-0.1, -0.05) is 52.4 Å². The second-order valence-corrected chi connectivity index (χ2v) is 16.9. The summed E-state index contributed by atoms with van der Waals surface area (Å²) in [5, 5.41) is 17.6. The van der Waals surface area contributed by atoms with Crippen molar-refractivity contribution in [3.63, 3.8) is 0 Å². The van der Waals surface area contributed by atoms with Gasteiger partial charge in [0, 0.05) is 50.1 Å². The first kappa shape index (κ1) is 39.5. The van der Waals surface area contributed by atoms with Gasteiger partial charge >= 0.3 is 20.7 Å². The number of carbonyl (C=O) groups excluding carboxylic acids is 2. The van der Waals surface area contributed by atoms with E-state index < -0.39 is 20.7 Å². The fraction of sp³-hybridized carbons (Fsp3) is 0.529. The van der Waals surface area contributed by atoms with Crippen LogP contribution in [0.4, 0.5) is 0 Å². The molecule has 0 atom stereocenters. The minimum atomic E-state index is -4.29. The fourth-order valence-electron chi connectivity index (χ4n) is 6.65. The molecule has 0 aromatic carbocycles. The van der Waals surface area contributed by atoms with Crippen LogP contribution in [-0.2, 0) is 46.7 Å². The zero-order valence-electron chi connectivity index (χ0n) is 29.3. The average molecular weight is 793 g/mol. The molecule has 0 aliphatic heterocycles. The van der Waals surface area contributed by atoms with Gasteiger partial charge in [-0.3, -0.25) is 23.5 Å². The highest BCUT2D eigenvalue weighted by molar-refractivity contribution is 7.88. The summed E-state index contributed by atoms with van der Waals surface area (Å²) in [7, 11) is -7.41. The largest absolute Gasteiger partial charge is 0.425 e. The van der Waals surface area contributed by atoms with Crippen LogP contribution in [0, 0.1) is 0 Å². The molecule has 0 unspecified atom stereocenters. The van der Waals surface area contributed by atoms with Crippen LogP contribution in [0.2, 0.25) is 0 Å². The predicted octanol–water partition coefficient (Wildman–Crippen LogP) is 5.69. The van der Waals surface area contributed by atoms with Gasteiger partial charge in [-0.2, -0.15) is 18.6 Å². The third-order valence-corrected chi connectivity index (χ3v) is 12.6. The molecule has 282 valence electrons. The van der Waals surface area contributed by atoms with Crippen molar-refractivity contribution in [2.75, 3.05) is 13.1 Å². The molecular weight excluding hydrogens is 749 g/mol. The van der Waals surface area contributed by atoms with Gasteiger partial charge in [-0.25, -0.2) is 0 Å². The Morgan fingerprint density at radius 2 is 1.29 bits per heavy atom. The number of amides is 2. The van der Waals surface area contributed by atoms with Crippen LogP contribution in [0.5, 0.6) is 0 Å². The topological polar surface area (TPSA) is 199 Å². The van der Waals surface area contributed by atoms with Gasteiger partial charge in [0.05, 0.1) is 21.1 Å². The Balaban J connectivity index is 0.00000124. The number of thiophene rings is 2. The molecule has 2 amide bonds. The number of aryl methyl sites for hydroxylation is 2. The summed E-state index contributed by atoms with van der Waals surface area (Å²) < 4.78 is 62.1. The lowest BCUT2D eigenvalue weighted by Crippen LogP contribution is -2.26. The fourth-order valence-corrected chi connectivity index (χ4v) is 9.61. The second-order valence-electron chi connectivity index (χ2n) is 12.9. The second kappa shape index (κ2) is 17.9. The van der Waals surface area contributed by atoms with Crippen LogP contribution in [0.25, 0.3) is 21.1 Å². The van der Waals surface area contributed by atoms with Gasteiger partial charge in [-0.15, -0.1) is 35.3 Å². The first-order chi connectivity index (χ1) is 24.9. The Kier molecular flexibility index (Phi) is 13.6. The van der Waals surface area contributed by atoms with Crippen molar-refractivity contribution in [3.8, 4) is 21.1 Å². The van der Waals surface area contributed by atoms with Crippen molar-refractivity contribution in [1.29, 1.82) is 0 Å². The van der Waals surface area contributed by atoms with Crippen molar-refractivity contribution in [3.05, 3.63) is 51.2 Å². The molecule has 52 heavy (non-hydrogen) atoms. The number of nitrogens with zero attached hydrogens (tertiary/aromatic N) is 4. The molecule has 4 aromatic heterocycles. The standard InChI is InChI=1S/C34H44N6O5S3.O3S/c1-3-5-11-16-39-29-24(19-22-13-18-46-31(22)29)27(37-39)33(41)35-14-9-7-8-10-15-36-34(42)28-25-20-23-21-26(48(43,44)45)47-32(23)30(25)40(38-28)17-12-6-4-2;1-4(2)3/h13,18,21H,3-12,14-17,19-20H2,1-2H3,(H,35,41)(H,36,42)(H,43,44,45);. The number of unbranched alkanes of at least 4 members (excludes halogenated alkanes) is 7. The highest BCUT2D eigenvalue weighted by Crippen LogP contribution is 2.45. The maximum absolute atomic E-state index is 13.2. The number of hydrogen-bond acceptors (Lipinski definition) is 11. The summed E-state index contributed by atoms with van der Waals surface area (Å²) in [5.74, 6) is -0.331. The van der Waals surface area contributed by atoms with E-state index in [1.54, 1.807) is 11.3 Å². The number of carbonyl (C=O) groups is 2. The highest BCUT2D eigenvalue weighted by atomic mass is 32.3. The van der Waals surface area contributed by atoms with Crippen LogP contribution in [0.1, 0.15) is 121 Å². The van der Waals surface area contributed by atoms with Crippen LogP contribution in [-0.4, -0.2) is 70.1 Å². The Hall–Kier alpha value is -3.71. The minimum absolute atomic E-state index is 0.0840. The van der Waals surface area contributed by atoms with Crippen LogP contribution in [0.3, 0.4) is 0 Å². The molecule has 0 saturated carbocycles. The van der Waals surface area contributed by atoms with Gasteiger partial charge in [0.25, 0.3) is 11.8 Å². The van der Waals surface area contributed by atoms with Gasteiger partial charge in [0.15, 0.2) is 11.4 Å². The van der Waals surface area contributed by atoms with Crippen molar-refractivity contribution in [2.45, 2.75) is 108 Å². The summed E-state index contributed by atoms with van der Waals surface area (Å²) in [6.45, 7) is 6.86. The van der Waals surface area contributed by atoms with Crippen molar-refractivity contribution in [2.24, 2.45) is 0 Å². The lowest BCUT2D eigenvalue weighted by Gasteiger charge is -2.07. The van der Waals surface area contributed by atoms with Crippen LogP contribution < -0.4 is 10.6 Å². The Morgan fingerprint density at radius 3 is 1.79 bits per heavy atom. The number of nitrogens with one attached hydrogen (secondary N) is 2. The van der Waals surface area contributed by atoms with Gasteiger partial charge in [0.2, 0.25) is 0 Å². The van der Waals surface area contributed by atoms with Gasteiger partial charge < -0.3 is 10.6 Å². The summed E-state index contributed by atoms with van der Waals surface area (Å²) in [5.41, 5.74) is 6.80. The van der Waals surface area contributed by atoms with Gasteiger partial charge in [0.1, 0.15) is 4.21 Å². The Bertz CT molecular complexity index is 2120. The predicted molar refractivity (Wildman–Crippen MR) is 198 cm³/mol. The van der Waals surface area contributed by atoms with E-state index in [9.17, 15) is 22.6 Å². The summed E-state index contributed by atoms with van der Waals surface area (Å²) >= 11 is 2.75. The molecule has 0 saturated heterocycles. The minimum Gasteiger partial charge on any atom is -0.351 e. The SMILES string of the molecule is CCCCCn1nc(C(=O)NCCCCCCNC(=O)c2nn(CCCCC)c3c2Cc2cc(S(=O)(=O)O)sc2-3)c2c1-c1sccc1C2.O=S(=O)=O. The van der Waals surface area contributed by atoms with Crippen molar-refractivity contribution in [1.82, 2.24) is 30.2 Å². The molecular formula is C34H44N6O8S4. The monoisotopic (exact) mass is 792 g/mol. The van der Waals surface area contributed by atoms with Crippen LogP contribution >= 0.6 is 22.7 Å². The molecule has 0 radical (unpaired) electrons. The smallest absolute Gasteiger partial charge is 0.351 e. The molecule has 3 N–H and O–H groups in total. The van der Waals surface area contributed by atoms with E-state index in [0.29, 0.717) is 37.4 Å². The lowest BCUT2D eigenvalue weighted by molar-refractivity contribution is 0.0936. The lowest BCUT2D eigenvalue weighted by atomic mass is 10.1. The highest BCUT2D eigenvalue weighted by Gasteiger charge is 2.34. The molecule has 6 rings (SSSR count). The Labute approximate surface area is 312 Å². The maximum Gasteiger partial charge on any atom is 0.425 e. The molecule has 0 spiro atoms. The van der Waals surface area contributed by atoms with E-state index in [-0.39, 0.29) is 16.0 Å². The zero-order chi connectivity index (χ0) is 37.4. The van der Waals surface area contributed by atoms with E-state index >= 15 is 0 Å². The summed E-state index contributed by atoms with van der Waals surface area (Å²) in [4.78, 5) is 28.4. The summed E-state index contributed by atoms with van der Waals surface area (Å²) in [6.07, 6.45) is 11.0. The number of rotatable bonds is 18. The first-order valence-electron chi connectivity index (χ1n) is 17.6. The molecule has 2 aliphatic carbocycles. The number of hydrogen-bond donors (Lipinski definition) is 3. The molecule has 0 bridgehead atoms. The zero-order valence-corrected chi connectivity index (χ0v) is 32.5. The molecule has 4 aromatic rings. The normalized spacial score (nSPS) is 12.4. The molecule has 2 aliphatic rings. The van der Waals surface area contributed by atoms with E-state index in [1.165, 1.54) is 16.5 Å². The average Bonchev–Trinajstić information content (AvgIpc) is 3.91. The van der Waals surface area contributed by atoms with E-state index in [4.69, 9.17) is 17.7 Å². The van der Waals surface area contributed by atoms with E-state index in [1.807, 2.05) is 9.36 Å². The molecule has 4 heterocycles. The maximum atomic E-state index is 13.2. The third-order valence-electron chi connectivity index (χ3n) is 9.10. The summed E-state index contributed by atoms with van der Waals surface area (Å²) in [6, 6.07) is 3.65. The van der Waals surface area contributed by atoms with E-state index in [0.717, 1.165) is 121 Å². The molecule has 0 fully saturated rings. The Morgan fingerprint density at radius 1 is 0.788 bits per heavy atom. The number of aromatic nitrogens is 4. The number of fused-ring (bicyclic) bond motifs is 6. The van der Waals surface area contributed by atoms with Gasteiger partial charge in [-0.05, 0) is 54.3 Å². The van der Waals surface area contributed by atoms with E-state index in [2.05, 4.69) is 41.0 Å². The van der Waals surface area contributed by atoms with Crippen LogP contribution in [0.15, 0.2) is 21.7 Å². The first-order valence-corrected chi connectivity index (χ1v) is 21.8. The molecule has 18 heteroatoms. The molecule has 14 nitrogen and oxygen atoms in total. The van der Waals surface area contributed by atoms with Crippen molar-refractivity contribution >= 4 is 55.2 Å².